The summed E-state index contributed by atoms with van der Waals surface area (Å²) in [6.45, 7) is 5.52. The normalized spacial score (nSPS) is 20.2. The molecular formula is C16H21F2N3O3. The number of rotatable bonds is 0. The first-order valence-electron chi connectivity index (χ1n) is 8.03. The van der Waals surface area contributed by atoms with E-state index >= 15 is 0 Å². The fraction of sp³-hybridized carbons (Fsp3) is 0.688. The number of carbonyl (C=O) groups is 2. The summed E-state index contributed by atoms with van der Waals surface area (Å²) < 4.78 is 35.5. The average Bonchev–Trinajstić information content (AvgIpc) is 2.75. The molecule has 2 aliphatic rings. The number of alkyl halides is 2. The first kappa shape index (κ1) is 16.9. The molecule has 0 N–H and O–H groups in total. The summed E-state index contributed by atoms with van der Waals surface area (Å²) in [7, 11) is 0. The Hall–Kier alpha value is -1.99. The average molecular weight is 341 g/mol. The number of nitrogens with zero attached hydrogens (tertiary/aromatic N) is 3. The second-order valence-electron chi connectivity index (χ2n) is 7.33. The van der Waals surface area contributed by atoms with Crippen molar-refractivity contribution in [1.29, 1.82) is 0 Å². The summed E-state index contributed by atoms with van der Waals surface area (Å²) >= 11 is 0. The number of halogens is 2. The molecule has 1 amide bonds. The molecule has 0 unspecified atom stereocenters. The van der Waals surface area contributed by atoms with Gasteiger partial charge in [0.05, 0.1) is 12.2 Å². The smallest absolute Gasteiger partial charge is 0.410 e. The number of hydrogen-bond acceptors (Lipinski definition) is 4. The van der Waals surface area contributed by atoms with Crippen molar-refractivity contribution in [2.75, 3.05) is 6.54 Å². The van der Waals surface area contributed by atoms with Gasteiger partial charge in [0.1, 0.15) is 17.8 Å². The van der Waals surface area contributed by atoms with Gasteiger partial charge in [0.2, 0.25) is 0 Å². The highest BCUT2D eigenvalue weighted by molar-refractivity contribution is 5.78. The lowest BCUT2D eigenvalue weighted by molar-refractivity contribution is -0.120. The predicted molar refractivity (Wildman–Crippen MR) is 80.7 cm³/mol. The number of hydrogen-bond donors (Lipinski definition) is 0. The number of carbonyl (C=O) groups excluding carboxylic acids is 2. The fourth-order valence-corrected chi connectivity index (χ4v) is 3.09. The molecule has 1 aromatic heterocycles. The van der Waals surface area contributed by atoms with Crippen LogP contribution in [0.15, 0.2) is 0 Å². The lowest BCUT2D eigenvalue weighted by Crippen LogP contribution is -2.40. The second-order valence-corrected chi connectivity index (χ2v) is 7.33. The lowest BCUT2D eigenvalue weighted by atomic mass is 10.00. The van der Waals surface area contributed by atoms with Gasteiger partial charge < -0.3 is 9.64 Å². The lowest BCUT2D eigenvalue weighted by Gasteiger charge is -2.30. The zero-order chi connectivity index (χ0) is 17.7. The third-order valence-electron chi connectivity index (χ3n) is 4.14. The van der Waals surface area contributed by atoms with Crippen molar-refractivity contribution >= 4 is 11.9 Å². The minimum absolute atomic E-state index is 0.0311. The summed E-state index contributed by atoms with van der Waals surface area (Å²) in [5.41, 5.74) is 0.0199. The summed E-state index contributed by atoms with van der Waals surface area (Å²) in [6.07, 6.45) is -0.836. The number of Topliss-reactive ketones (excluding diaryl/α,β-unsaturated/α-hetero) is 1. The van der Waals surface area contributed by atoms with E-state index in [1.165, 1.54) is 4.90 Å². The molecule has 0 fully saturated rings. The third kappa shape index (κ3) is 3.14. The molecule has 8 heteroatoms. The Morgan fingerprint density at radius 2 is 1.96 bits per heavy atom. The van der Waals surface area contributed by atoms with Gasteiger partial charge in [-0.2, -0.15) is 13.9 Å². The van der Waals surface area contributed by atoms with Gasteiger partial charge >= 0.3 is 6.09 Å². The van der Waals surface area contributed by atoms with Crippen LogP contribution in [0.25, 0.3) is 0 Å². The molecule has 0 saturated heterocycles. The van der Waals surface area contributed by atoms with E-state index in [0.717, 1.165) is 4.68 Å². The van der Waals surface area contributed by atoms with Crippen LogP contribution in [0, 0.1) is 0 Å². The van der Waals surface area contributed by atoms with Gasteiger partial charge in [-0.1, -0.05) is 0 Å². The quantitative estimate of drug-likeness (QED) is 0.728. The van der Waals surface area contributed by atoms with E-state index in [9.17, 15) is 18.4 Å². The van der Waals surface area contributed by atoms with E-state index in [1.807, 2.05) is 0 Å². The van der Waals surface area contributed by atoms with Crippen molar-refractivity contribution in [1.82, 2.24) is 14.7 Å². The largest absolute Gasteiger partial charge is 0.444 e. The molecule has 1 aromatic rings. The molecule has 0 spiro atoms. The Morgan fingerprint density at radius 1 is 1.25 bits per heavy atom. The fourth-order valence-electron chi connectivity index (χ4n) is 3.09. The Labute approximate surface area is 138 Å². The molecule has 3 heterocycles. The highest BCUT2D eigenvalue weighted by atomic mass is 19.3. The molecule has 0 aliphatic carbocycles. The Kier molecular flexibility index (Phi) is 3.88. The van der Waals surface area contributed by atoms with E-state index in [2.05, 4.69) is 5.10 Å². The van der Waals surface area contributed by atoms with Crippen LogP contribution >= 0.6 is 0 Å². The molecule has 0 radical (unpaired) electrons. The van der Waals surface area contributed by atoms with Gasteiger partial charge in [-0.15, -0.1) is 0 Å². The molecule has 2 aliphatic heterocycles. The minimum Gasteiger partial charge on any atom is -0.444 e. The minimum atomic E-state index is -3.12. The predicted octanol–water partition coefficient (Wildman–Crippen LogP) is 2.63. The van der Waals surface area contributed by atoms with Crippen LogP contribution in [-0.2, 0) is 35.0 Å². The number of amides is 1. The molecule has 0 saturated carbocycles. The summed E-state index contributed by atoms with van der Waals surface area (Å²) in [5.74, 6) is -3.37. The first-order valence-corrected chi connectivity index (χ1v) is 8.03. The molecular weight excluding hydrogens is 320 g/mol. The van der Waals surface area contributed by atoms with E-state index in [4.69, 9.17) is 4.74 Å². The zero-order valence-electron chi connectivity index (χ0n) is 14.1. The molecule has 0 bridgehead atoms. The Balaban J connectivity index is 1.92. The van der Waals surface area contributed by atoms with Crippen molar-refractivity contribution in [3.05, 3.63) is 17.0 Å². The molecule has 3 rings (SSSR count). The second kappa shape index (κ2) is 5.53. The van der Waals surface area contributed by atoms with Gasteiger partial charge in [-0.05, 0) is 20.8 Å². The van der Waals surface area contributed by atoms with Gasteiger partial charge in [0.15, 0.2) is 5.78 Å². The van der Waals surface area contributed by atoms with Crippen LogP contribution in [0.1, 0.15) is 50.6 Å². The summed E-state index contributed by atoms with van der Waals surface area (Å²) in [5, 5.41) is 4.20. The maximum Gasteiger partial charge on any atom is 0.410 e. The van der Waals surface area contributed by atoms with E-state index in [1.54, 1.807) is 20.8 Å². The first-order chi connectivity index (χ1) is 11.1. The number of aromatic nitrogens is 2. The molecule has 24 heavy (non-hydrogen) atoms. The number of fused-ring (bicyclic) bond motifs is 3. The van der Waals surface area contributed by atoms with Crippen LogP contribution < -0.4 is 0 Å². The monoisotopic (exact) mass is 341 g/mol. The topological polar surface area (TPSA) is 64.4 Å². The van der Waals surface area contributed by atoms with Crippen molar-refractivity contribution in [3.63, 3.8) is 0 Å². The van der Waals surface area contributed by atoms with E-state index < -0.39 is 24.0 Å². The van der Waals surface area contributed by atoms with Crippen LogP contribution in [0.3, 0.4) is 0 Å². The summed E-state index contributed by atoms with van der Waals surface area (Å²) in [4.78, 5) is 25.3. The highest BCUT2D eigenvalue weighted by Gasteiger charge is 2.43. The highest BCUT2D eigenvalue weighted by Crippen LogP contribution is 2.40. The molecule has 132 valence electrons. The van der Waals surface area contributed by atoms with Crippen LogP contribution in [0.4, 0.5) is 13.6 Å². The van der Waals surface area contributed by atoms with E-state index in [0.29, 0.717) is 24.2 Å². The van der Waals surface area contributed by atoms with Gasteiger partial charge in [-0.3, -0.25) is 9.48 Å². The van der Waals surface area contributed by atoms with Gasteiger partial charge in [0, 0.05) is 31.4 Å². The van der Waals surface area contributed by atoms with E-state index in [-0.39, 0.29) is 31.0 Å². The van der Waals surface area contributed by atoms with Crippen LogP contribution in [0.5, 0.6) is 0 Å². The maximum absolute atomic E-state index is 14.5. The molecule has 6 nitrogen and oxygen atoms in total. The molecule has 0 atom stereocenters. The third-order valence-corrected chi connectivity index (χ3v) is 4.14. The van der Waals surface area contributed by atoms with Gasteiger partial charge in [-0.25, -0.2) is 4.79 Å². The van der Waals surface area contributed by atoms with Crippen molar-refractivity contribution < 1.29 is 23.1 Å². The maximum atomic E-state index is 14.5. The Morgan fingerprint density at radius 3 is 2.62 bits per heavy atom. The van der Waals surface area contributed by atoms with Crippen molar-refractivity contribution in [3.8, 4) is 0 Å². The number of ketones is 1. The number of ether oxygens (including phenoxy) is 1. The Bertz CT molecular complexity index is 691. The summed E-state index contributed by atoms with van der Waals surface area (Å²) in [6, 6.07) is 0. The van der Waals surface area contributed by atoms with Crippen molar-refractivity contribution in [2.24, 2.45) is 0 Å². The van der Waals surface area contributed by atoms with Gasteiger partial charge in [0.25, 0.3) is 5.92 Å². The molecule has 0 aromatic carbocycles. The van der Waals surface area contributed by atoms with Crippen molar-refractivity contribution in [2.45, 2.75) is 64.6 Å². The zero-order valence-corrected chi connectivity index (χ0v) is 14.1. The SMILES string of the molecule is CC(C)(C)OC(=O)N1CCc2nn3c(c2C1)C(F)(F)CCC(=O)C3. The van der Waals surface area contributed by atoms with Crippen LogP contribution in [0.2, 0.25) is 0 Å². The standard InChI is InChI=1S/C16H21F2N3O3/c1-15(2,3)24-14(23)20-7-5-12-11(9-20)13-16(17,18)6-4-10(22)8-21(13)19-12/h4-9H2,1-3H3. The van der Waals surface area contributed by atoms with Crippen LogP contribution in [-0.4, -0.2) is 38.7 Å².